The molecule has 0 bridgehead atoms. The van der Waals surface area contributed by atoms with Gasteiger partial charge in [0.1, 0.15) is 0 Å². The molecule has 2 rings (SSSR count). The first kappa shape index (κ1) is 11.4. The Morgan fingerprint density at radius 3 is 2.47 bits per heavy atom. The van der Waals surface area contributed by atoms with Crippen LogP contribution in [0, 0.1) is 9.49 Å². The molecule has 0 aromatic heterocycles. The molecule has 3 atom stereocenters. The van der Waals surface area contributed by atoms with Crippen molar-refractivity contribution in [2.75, 3.05) is 6.54 Å². The number of hydrogen-bond acceptors (Lipinski definition) is 2. The van der Waals surface area contributed by atoms with Gasteiger partial charge in [0.2, 0.25) is 0 Å². The molecule has 82 valence electrons. The minimum atomic E-state index is 0.313. The van der Waals surface area contributed by atoms with Crippen molar-refractivity contribution in [3.63, 3.8) is 0 Å². The largest absolute Gasteiger partial charge is 0.298 e. The van der Waals surface area contributed by atoms with Gasteiger partial charge in [-0.15, -0.1) is 0 Å². The fourth-order valence-corrected chi connectivity index (χ4v) is 2.20. The lowest BCUT2D eigenvalue weighted by Gasteiger charge is -2.35. The topological polar surface area (TPSA) is 24.1 Å². The summed E-state index contributed by atoms with van der Waals surface area (Å²) >= 11 is 2.33. The van der Waals surface area contributed by atoms with Crippen molar-refractivity contribution in [3.8, 4) is 0 Å². The molecular formula is C12H17IN2. The second kappa shape index (κ2) is 4.80. The third-order valence-corrected chi connectivity index (χ3v) is 3.85. The lowest BCUT2D eigenvalue weighted by atomic mass is 9.99. The molecule has 2 N–H and O–H groups in total. The molecule has 1 heterocycles. The quantitative estimate of drug-likeness (QED) is 0.778. The predicted molar refractivity (Wildman–Crippen MR) is 71.7 cm³/mol. The van der Waals surface area contributed by atoms with E-state index >= 15 is 0 Å². The average Bonchev–Trinajstić information content (AvgIpc) is 2.23. The molecule has 1 saturated heterocycles. The van der Waals surface area contributed by atoms with E-state index in [-0.39, 0.29) is 0 Å². The summed E-state index contributed by atoms with van der Waals surface area (Å²) in [5.74, 6) is 0.699. The Morgan fingerprint density at radius 2 is 1.87 bits per heavy atom. The van der Waals surface area contributed by atoms with E-state index in [1.54, 1.807) is 0 Å². The van der Waals surface area contributed by atoms with Gasteiger partial charge in [-0.25, -0.2) is 0 Å². The van der Waals surface area contributed by atoms with Crippen molar-refractivity contribution in [1.82, 2.24) is 10.6 Å². The Hall–Kier alpha value is -0.130. The Kier molecular flexibility index (Phi) is 3.64. The summed E-state index contributed by atoms with van der Waals surface area (Å²) in [5.41, 5.74) is 1.33. The third-order valence-electron chi connectivity index (χ3n) is 3.13. The summed E-state index contributed by atoms with van der Waals surface area (Å²) in [4.78, 5) is 0. The lowest BCUT2D eigenvalue weighted by Crippen LogP contribution is -2.51. The van der Waals surface area contributed by atoms with E-state index < -0.39 is 0 Å². The van der Waals surface area contributed by atoms with Crippen LogP contribution in [0.25, 0.3) is 0 Å². The van der Waals surface area contributed by atoms with Gasteiger partial charge in [-0.3, -0.25) is 10.6 Å². The number of halogens is 1. The zero-order valence-electron chi connectivity index (χ0n) is 9.13. The first-order chi connectivity index (χ1) is 7.16. The van der Waals surface area contributed by atoms with E-state index in [4.69, 9.17) is 0 Å². The molecule has 1 fully saturated rings. The van der Waals surface area contributed by atoms with Gasteiger partial charge in [-0.2, -0.15) is 0 Å². The van der Waals surface area contributed by atoms with Crippen molar-refractivity contribution in [2.45, 2.75) is 26.1 Å². The van der Waals surface area contributed by atoms with Crippen LogP contribution in [0.5, 0.6) is 0 Å². The minimum absolute atomic E-state index is 0.313. The van der Waals surface area contributed by atoms with Crippen LogP contribution in [-0.2, 0) is 0 Å². The van der Waals surface area contributed by atoms with Gasteiger partial charge in [0.05, 0.1) is 6.17 Å². The van der Waals surface area contributed by atoms with Crippen LogP contribution in [0.4, 0.5) is 0 Å². The number of hydrogen-bond donors (Lipinski definition) is 2. The Bertz CT molecular complexity index is 323. The Balaban J connectivity index is 2.08. The van der Waals surface area contributed by atoms with Crippen LogP contribution in [0.2, 0.25) is 0 Å². The second-order valence-corrected chi connectivity index (χ2v) is 5.57. The first-order valence-corrected chi connectivity index (χ1v) is 6.49. The second-order valence-electron chi connectivity index (χ2n) is 4.33. The van der Waals surface area contributed by atoms with E-state index in [2.05, 4.69) is 71.3 Å². The molecule has 1 aromatic carbocycles. The maximum absolute atomic E-state index is 3.59. The van der Waals surface area contributed by atoms with Gasteiger partial charge in [-0.1, -0.05) is 19.1 Å². The van der Waals surface area contributed by atoms with Crippen molar-refractivity contribution in [3.05, 3.63) is 33.4 Å². The zero-order chi connectivity index (χ0) is 10.8. The summed E-state index contributed by atoms with van der Waals surface area (Å²) in [6, 6.07) is 9.27. The zero-order valence-corrected chi connectivity index (χ0v) is 11.3. The monoisotopic (exact) mass is 316 g/mol. The molecule has 2 nitrogen and oxygen atoms in total. The maximum Gasteiger partial charge on any atom is 0.0837 e. The van der Waals surface area contributed by atoms with Crippen molar-refractivity contribution in [1.29, 1.82) is 0 Å². The van der Waals surface area contributed by atoms with Crippen LogP contribution >= 0.6 is 22.6 Å². The molecule has 1 aromatic rings. The van der Waals surface area contributed by atoms with Crippen LogP contribution in [0.15, 0.2) is 24.3 Å². The number of nitrogens with one attached hydrogen (secondary N) is 2. The molecule has 2 unspecified atom stereocenters. The molecular weight excluding hydrogens is 299 g/mol. The normalized spacial score (nSPS) is 31.5. The molecule has 0 spiro atoms. The minimum Gasteiger partial charge on any atom is -0.298 e. The van der Waals surface area contributed by atoms with Crippen LogP contribution < -0.4 is 10.6 Å². The number of rotatable bonds is 1. The molecule has 0 aliphatic carbocycles. The smallest absolute Gasteiger partial charge is 0.0837 e. The van der Waals surface area contributed by atoms with E-state index in [0.29, 0.717) is 18.1 Å². The average molecular weight is 316 g/mol. The van der Waals surface area contributed by atoms with E-state index in [9.17, 15) is 0 Å². The first-order valence-electron chi connectivity index (χ1n) is 5.41. The number of benzene rings is 1. The highest BCUT2D eigenvalue weighted by molar-refractivity contribution is 14.1. The van der Waals surface area contributed by atoms with Gasteiger partial charge in [0.15, 0.2) is 0 Å². The Labute approximate surface area is 105 Å². The fourth-order valence-electron chi connectivity index (χ4n) is 1.84. The van der Waals surface area contributed by atoms with Crippen LogP contribution in [0.3, 0.4) is 0 Å². The fraction of sp³-hybridized carbons (Fsp3) is 0.500. The van der Waals surface area contributed by atoms with Crippen molar-refractivity contribution >= 4 is 22.6 Å². The van der Waals surface area contributed by atoms with Crippen LogP contribution in [0.1, 0.15) is 25.6 Å². The summed E-state index contributed by atoms with van der Waals surface area (Å²) < 4.78 is 1.29. The molecule has 15 heavy (non-hydrogen) atoms. The molecule has 3 heteroatoms. The third kappa shape index (κ3) is 2.71. The molecule has 0 saturated carbocycles. The maximum atomic E-state index is 3.59. The highest BCUT2D eigenvalue weighted by Gasteiger charge is 2.23. The van der Waals surface area contributed by atoms with Crippen molar-refractivity contribution < 1.29 is 0 Å². The highest BCUT2D eigenvalue weighted by Crippen LogP contribution is 2.18. The van der Waals surface area contributed by atoms with Gasteiger partial charge in [-0.05, 0) is 53.1 Å². The lowest BCUT2D eigenvalue weighted by molar-refractivity contribution is 0.249. The van der Waals surface area contributed by atoms with Gasteiger partial charge in [0, 0.05) is 16.2 Å². The molecule has 1 aliphatic heterocycles. The molecule has 0 amide bonds. The van der Waals surface area contributed by atoms with E-state index in [1.807, 2.05) is 0 Å². The molecule has 1 aliphatic rings. The predicted octanol–water partition coefficient (Wildman–Crippen LogP) is 2.51. The van der Waals surface area contributed by atoms with Gasteiger partial charge >= 0.3 is 0 Å². The van der Waals surface area contributed by atoms with E-state index in [0.717, 1.165) is 6.54 Å². The van der Waals surface area contributed by atoms with Gasteiger partial charge < -0.3 is 0 Å². The van der Waals surface area contributed by atoms with Crippen LogP contribution in [-0.4, -0.2) is 12.6 Å². The summed E-state index contributed by atoms with van der Waals surface area (Å²) in [5, 5.41) is 7.11. The summed E-state index contributed by atoms with van der Waals surface area (Å²) in [7, 11) is 0. The van der Waals surface area contributed by atoms with E-state index in [1.165, 1.54) is 9.13 Å². The SMILES string of the molecule is CC1NC(c2ccc(I)cc2)NC[C@@H]1C. The Morgan fingerprint density at radius 1 is 1.20 bits per heavy atom. The standard InChI is InChI=1S/C12H17IN2/c1-8-7-14-12(15-9(8)2)10-3-5-11(13)6-4-10/h3-6,8-9,12,14-15H,7H2,1-2H3/t8-,9?,12?/m0/s1. The summed E-state index contributed by atoms with van der Waals surface area (Å²) in [6.45, 7) is 5.62. The van der Waals surface area contributed by atoms with Gasteiger partial charge in [0.25, 0.3) is 0 Å². The highest BCUT2D eigenvalue weighted by atomic mass is 127. The molecule has 0 radical (unpaired) electrons. The summed E-state index contributed by atoms with van der Waals surface area (Å²) in [6.07, 6.45) is 0.313. The van der Waals surface area contributed by atoms with Crippen molar-refractivity contribution in [2.24, 2.45) is 5.92 Å².